The van der Waals surface area contributed by atoms with E-state index in [1.165, 1.54) is 11.1 Å². The number of hydrogen-bond donors (Lipinski definition) is 0. The van der Waals surface area contributed by atoms with E-state index >= 15 is 0 Å². The number of nitrogens with zero attached hydrogens (tertiary/aromatic N) is 1. The van der Waals surface area contributed by atoms with Crippen molar-refractivity contribution in [3.8, 4) is 5.75 Å². The van der Waals surface area contributed by atoms with Crippen LogP contribution >= 0.6 is 0 Å². The Morgan fingerprint density at radius 3 is 2.25 bits per heavy atom. The lowest BCUT2D eigenvalue weighted by molar-refractivity contribution is 0.233. The Morgan fingerprint density at radius 2 is 1.60 bits per heavy atom. The number of hydrogen-bond acceptors (Lipinski definition) is 2. The first-order valence-corrected chi connectivity index (χ1v) is 7.22. The van der Waals surface area contributed by atoms with Crippen LogP contribution in [-0.4, -0.2) is 25.1 Å². The second-order valence-corrected chi connectivity index (χ2v) is 5.07. The maximum absolute atomic E-state index is 5.77. The zero-order valence-corrected chi connectivity index (χ0v) is 12.4. The van der Waals surface area contributed by atoms with Gasteiger partial charge in [0.2, 0.25) is 0 Å². The van der Waals surface area contributed by atoms with Crippen LogP contribution < -0.4 is 4.74 Å². The van der Waals surface area contributed by atoms with Gasteiger partial charge in [-0.1, -0.05) is 49.4 Å². The van der Waals surface area contributed by atoms with Crippen molar-refractivity contribution < 1.29 is 4.74 Å². The topological polar surface area (TPSA) is 12.5 Å². The quantitative estimate of drug-likeness (QED) is 0.759. The van der Waals surface area contributed by atoms with Crippen LogP contribution in [0.1, 0.15) is 18.1 Å². The van der Waals surface area contributed by atoms with E-state index in [0.717, 1.165) is 31.9 Å². The van der Waals surface area contributed by atoms with Crippen molar-refractivity contribution in [3.05, 3.63) is 65.7 Å². The van der Waals surface area contributed by atoms with Gasteiger partial charge in [0.25, 0.3) is 0 Å². The lowest BCUT2D eigenvalue weighted by Gasteiger charge is -2.17. The molecule has 0 saturated carbocycles. The first kappa shape index (κ1) is 14.6. The van der Waals surface area contributed by atoms with E-state index in [1.54, 1.807) is 0 Å². The number of ether oxygens (including phenoxy) is 1. The average molecular weight is 269 g/mol. The van der Waals surface area contributed by atoms with Crippen molar-refractivity contribution in [1.29, 1.82) is 0 Å². The molecule has 0 aliphatic heterocycles. The molecule has 2 aromatic rings. The van der Waals surface area contributed by atoms with E-state index in [9.17, 15) is 0 Å². The van der Waals surface area contributed by atoms with E-state index in [1.807, 2.05) is 6.07 Å². The maximum Gasteiger partial charge on any atom is 0.119 e. The predicted octanol–water partition coefficient (Wildman–Crippen LogP) is 3.76. The van der Waals surface area contributed by atoms with Crippen LogP contribution in [0.25, 0.3) is 0 Å². The Labute approximate surface area is 122 Å². The van der Waals surface area contributed by atoms with Gasteiger partial charge in [-0.15, -0.1) is 0 Å². The van der Waals surface area contributed by atoms with Gasteiger partial charge in [-0.25, -0.2) is 0 Å². The lowest BCUT2D eigenvalue weighted by Crippen LogP contribution is -2.23. The number of likely N-dealkylation sites (N-methyl/N-ethyl adjacent to an activating group) is 1. The third kappa shape index (κ3) is 4.71. The highest BCUT2D eigenvalue weighted by molar-refractivity contribution is 5.27. The molecule has 2 rings (SSSR count). The first-order valence-electron chi connectivity index (χ1n) is 7.22. The van der Waals surface area contributed by atoms with Crippen molar-refractivity contribution in [2.75, 3.05) is 20.2 Å². The van der Waals surface area contributed by atoms with Gasteiger partial charge in [-0.3, -0.25) is 4.90 Å². The largest absolute Gasteiger partial charge is 0.492 e. The molecule has 0 aliphatic carbocycles. The van der Waals surface area contributed by atoms with Crippen LogP contribution in [0.2, 0.25) is 0 Å². The zero-order chi connectivity index (χ0) is 14.2. The van der Waals surface area contributed by atoms with Gasteiger partial charge in [0, 0.05) is 13.1 Å². The predicted molar refractivity (Wildman–Crippen MR) is 84.1 cm³/mol. The highest BCUT2D eigenvalue weighted by atomic mass is 16.5. The molecule has 0 radical (unpaired) electrons. The van der Waals surface area contributed by atoms with Crippen molar-refractivity contribution in [2.45, 2.75) is 19.9 Å². The van der Waals surface area contributed by atoms with Crippen LogP contribution in [0.3, 0.4) is 0 Å². The molecular formula is C18H23NO. The molecular weight excluding hydrogens is 246 g/mol. The van der Waals surface area contributed by atoms with Crippen LogP contribution in [0.5, 0.6) is 5.75 Å². The molecule has 2 heteroatoms. The molecule has 0 aromatic heterocycles. The van der Waals surface area contributed by atoms with E-state index in [2.05, 4.69) is 67.4 Å². The summed E-state index contributed by atoms with van der Waals surface area (Å²) in [5.41, 5.74) is 2.68. The second-order valence-electron chi connectivity index (χ2n) is 5.07. The van der Waals surface area contributed by atoms with Crippen molar-refractivity contribution in [3.63, 3.8) is 0 Å². The van der Waals surface area contributed by atoms with Crippen molar-refractivity contribution in [2.24, 2.45) is 0 Å². The molecule has 0 unspecified atom stereocenters. The molecule has 0 amide bonds. The number of benzene rings is 2. The summed E-state index contributed by atoms with van der Waals surface area (Å²) < 4.78 is 5.77. The summed E-state index contributed by atoms with van der Waals surface area (Å²) in [7, 11) is 2.12. The molecule has 0 atom stereocenters. The van der Waals surface area contributed by atoms with Crippen molar-refractivity contribution in [1.82, 2.24) is 4.90 Å². The number of rotatable bonds is 7. The van der Waals surface area contributed by atoms with Crippen molar-refractivity contribution >= 4 is 0 Å². The average Bonchev–Trinajstić information content (AvgIpc) is 2.49. The third-order valence-corrected chi connectivity index (χ3v) is 3.37. The Balaban J connectivity index is 1.72. The number of aryl methyl sites for hydroxylation is 1. The highest BCUT2D eigenvalue weighted by Crippen LogP contribution is 2.12. The summed E-state index contributed by atoms with van der Waals surface area (Å²) in [6.07, 6.45) is 1.07. The first-order chi connectivity index (χ1) is 9.78. The van der Waals surface area contributed by atoms with E-state index in [-0.39, 0.29) is 0 Å². The summed E-state index contributed by atoms with van der Waals surface area (Å²) in [4.78, 5) is 2.27. The maximum atomic E-state index is 5.77. The molecule has 2 aromatic carbocycles. The van der Waals surface area contributed by atoms with Gasteiger partial charge in [-0.05, 0) is 36.7 Å². The van der Waals surface area contributed by atoms with Gasteiger partial charge >= 0.3 is 0 Å². The summed E-state index contributed by atoms with van der Waals surface area (Å²) in [6, 6.07) is 18.9. The van der Waals surface area contributed by atoms with Crippen LogP contribution in [0.15, 0.2) is 54.6 Å². The van der Waals surface area contributed by atoms with Gasteiger partial charge < -0.3 is 4.74 Å². The van der Waals surface area contributed by atoms with E-state index < -0.39 is 0 Å². The molecule has 0 heterocycles. The standard InChI is InChI=1S/C18H23NO/c1-3-16-9-11-18(12-10-16)20-14-13-19(2)15-17-7-5-4-6-8-17/h4-12H,3,13-15H2,1-2H3. The fraction of sp³-hybridized carbons (Fsp3) is 0.333. The third-order valence-electron chi connectivity index (χ3n) is 3.37. The fourth-order valence-electron chi connectivity index (χ4n) is 2.11. The van der Waals surface area contributed by atoms with Gasteiger partial charge in [0.05, 0.1) is 0 Å². The summed E-state index contributed by atoms with van der Waals surface area (Å²) in [5.74, 6) is 0.954. The van der Waals surface area contributed by atoms with Gasteiger partial charge in [0.1, 0.15) is 12.4 Å². The molecule has 0 spiro atoms. The fourth-order valence-corrected chi connectivity index (χ4v) is 2.11. The molecule has 0 fully saturated rings. The molecule has 2 nitrogen and oxygen atoms in total. The van der Waals surface area contributed by atoms with E-state index in [0.29, 0.717) is 0 Å². The van der Waals surface area contributed by atoms with E-state index in [4.69, 9.17) is 4.74 Å². The molecule has 0 bridgehead atoms. The lowest BCUT2D eigenvalue weighted by atomic mass is 10.2. The smallest absolute Gasteiger partial charge is 0.119 e. The molecule has 20 heavy (non-hydrogen) atoms. The monoisotopic (exact) mass is 269 g/mol. The van der Waals surface area contributed by atoms with Crippen LogP contribution in [0, 0.1) is 0 Å². The SMILES string of the molecule is CCc1ccc(OCCN(C)Cc2ccccc2)cc1. The molecule has 106 valence electrons. The minimum absolute atomic E-state index is 0.717. The second kappa shape index (κ2) is 7.71. The van der Waals surface area contributed by atoms with Gasteiger partial charge in [-0.2, -0.15) is 0 Å². The Morgan fingerprint density at radius 1 is 0.900 bits per heavy atom. The Kier molecular flexibility index (Phi) is 5.63. The van der Waals surface area contributed by atoms with Crippen LogP contribution in [-0.2, 0) is 13.0 Å². The Bertz CT molecular complexity index is 493. The van der Waals surface area contributed by atoms with Crippen LogP contribution in [0.4, 0.5) is 0 Å². The molecule has 0 saturated heterocycles. The minimum atomic E-state index is 0.717. The summed E-state index contributed by atoms with van der Waals surface area (Å²) in [5, 5.41) is 0. The highest BCUT2D eigenvalue weighted by Gasteiger charge is 2.00. The Hall–Kier alpha value is -1.80. The molecule has 0 aliphatic rings. The summed E-state index contributed by atoms with van der Waals surface area (Å²) >= 11 is 0. The summed E-state index contributed by atoms with van der Waals surface area (Å²) in [6.45, 7) is 4.76. The normalized spacial score (nSPS) is 10.8. The molecule has 0 N–H and O–H groups in total. The minimum Gasteiger partial charge on any atom is -0.492 e. The van der Waals surface area contributed by atoms with Gasteiger partial charge in [0.15, 0.2) is 0 Å². The zero-order valence-electron chi connectivity index (χ0n) is 12.4.